The van der Waals surface area contributed by atoms with Gasteiger partial charge in [-0.1, -0.05) is 11.6 Å². The van der Waals surface area contributed by atoms with Crippen LogP contribution in [0.5, 0.6) is 0 Å². The maximum Gasteiger partial charge on any atom is 0.411 e. The molecule has 18 heavy (non-hydrogen) atoms. The summed E-state index contributed by atoms with van der Waals surface area (Å²) in [5, 5.41) is 10.0. The van der Waals surface area contributed by atoms with Gasteiger partial charge in [-0.3, -0.25) is 0 Å². The second kappa shape index (κ2) is 6.21. The molecule has 0 aliphatic carbocycles. The van der Waals surface area contributed by atoms with Gasteiger partial charge in [-0.2, -0.15) is 13.2 Å². The Morgan fingerprint density at radius 3 is 2.78 bits per heavy atom. The van der Waals surface area contributed by atoms with Crippen LogP contribution in [0.15, 0.2) is 12.3 Å². The quantitative estimate of drug-likeness (QED) is 0.814. The fourth-order valence-electron chi connectivity index (χ4n) is 1.27. The molecule has 0 saturated heterocycles. The number of aliphatic hydroxyl groups excluding tert-OH is 1. The van der Waals surface area contributed by atoms with Crippen LogP contribution in [-0.4, -0.2) is 29.5 Å². The Morgan fingerprint density at radius 1 is 1.50 bits per heavy atom. The van der Waals surface area contributed by atoms with Crippen molar-refractivity contribution in [2.75, 3.05) is 18.9 Å². The molecule has 0 saturated carbocycles. The number of hydrogen-bond acceptors (Lipinski definition) is 4. The van der Waals surface area contributed by atoms with Crippen LogP contribution in [-0.2, 0) is 4.74 Å². The highest BCUT2D eigenvalue weighted by Crippen LogP contribution is 2.24. The Bertz CT molecular complexity index is 401. The first kappa shape index (κ1) is 15.0. The van der Waals surface area contributed by atoms with Crippen molar-refractivity contribution < 1.29 is 23.0 Å². The average Bonchev–Trinajstić information content (AvgIpc) is 2.26. The number of aromatic nitrogens is 1. The molecule has 0 amide bonds. The summed E-state index contributed by atoms with van der Waals surface area (Å²) in [7, 11) is 0. The molecule has 0 aromatic carbocycles. The van der Waals surface area contributed by atoms with Gasteiger partial charge in [0.05, 0.1) is 11.1 Å². The minimum Gasteiger partial charge on any atom is -0.388 e. The lowest BCUT2D eigenvalue weighted by Crippen LogP contribution is -2.18. The summed E-state index contributed by atoms with van der Waals surface area (Å²) in [6, 6.07) is 1.41. The Kier molecular flexibility index (Phi) is 5.18. The number of pyridine rings is 1. The first-order chi connectivity index (χ1) is 8.29. The van der Waals surface area contributed by atoms with Crippen molar-refractivity contribution in [3.05, 3.63) is 22.8 Å². The van der Waals surface area contributed by atoms with Crippen LogP contribution in [0.1, 0.15) is 18.1 Å². The first-order valence-corrected chi connectivity index (χ1v) is 5.41. The van der Waals surface area contributed by atoms with Gasteiger partial charge in [-0.05, 0) is 6.07 Å². The van der Waals surface area contributed by atoms with Gasteiger partial charge in [-0.15, -0.1) is 0 Å². The zero-order chi connectivity index (χ0) is 13.8. The monoisotopic (exact) mass is 284 g/mol. The number of alkyl halides is 3. The van der Waals surface area contributed by atoms with Crippen LogP contribution in [0.3, 0.4) is 0 Å². The summed E-state index contributed by atoms with van der Waals surface area (Å²) in [4.78, 5) is 3.73. The molecule has 1 unspecified atom stereocenters. The van der Waals surface area contributed by atoms with Crippen LogP contribution < -0.4 is 5.73 Å². The highest BCUT2D eigenvalue weighted by Gasteiger charge is 2.27. The summed E-state index contributed by atoms with van der Waals surface area (Å²) in [6.45, 7) is -1.59. The van der Waals surface area contributed by atoms with Gasteiger partial charge < -0.3 is 15.6 Å². The molecular weight excluding hydrogens is 273 g/mol. The lowest BCUT2D eigenvalue weighted by atomic mass is 10.1. The lowest BCUT2D eigenvalue weighted by molar-refractivity contribution is -0.175. The highest BCUT2D eigenvalue weighted by atomic mass is 35.5. The number of halogens is 4. The molecule has 1 aromatic heterocycles. The third-order valence-electron chi connectivity index (χ3n) is 2.08. The van der Waals surface area contributed by atoms with E-state index in [1.807, 2.05) is 0 Å². The van der Waals surface area contributed by atoms with Gasteiger partial charge >= 0.3 is 6.18 Å². The molecular formula is C10H12ClF3N2O2. The predicted molar refractivity (Wildman–Crippen MR) is 60.1 cm³/mol. The Hall–Kier alpha value is -1.05. The van der Waals surface area contributed by atoms with Crippen LogP contribution in [0.25, 0.3) is 0 Å². The molecule has 0 fully saturated rings. The molecule has 0 aliphatic heterocycles. The molecule has 1 heterocycles. The molecule has 1 aromatic rings. The number of aliphatic hydroxyl groups is 1. The van der Waals surface area contributed by atoms with Gasteiger partial charge in [-0.25, -0.2) is 4.98 Å². The Labute approximate surface area is 107 Å². The van der Waals surface area contributed by atoms with Crippen LogP contribution in [0.4, 0.5) is 19.0 Å². The van der Waals surface area contributed by atoms with Gasteiger partial charge in [0.2, 0.25) is 0 Å². The molecule has 0 spiro atoms. The maximum atomic E-state index is 11.8. The molecule has 0 aliphatic rings. The first-order valence-electron chi connectivity index (χ1n) is 5.03. The van der Waals surface area contributed by atoms with Crippen molar-refractivity contribution in [1.82, 2.24) is 4.98 Å². The second-order valence-corrected chi connectivity index (χ2v) is 4.04. The summed E-state index contributed by atoms with van der Waals surface area (Å²) >= 11 is 5.67. The zero-order valence-corrected chi connectivity index (χ0v) is 10.0. The summed E-state index contributed by atoms with van der Waals surface area (Å²) < 4.78 is 39.7. The van der Waals surface area contributed by atoms with Crippen molar-refractivity contribution in [3.8, 4) is 0 Å². The topological polar surface area (TPSA) is 68.4 Å². The predicted octanol–water partition coefficient (Wildman–Crippen LogP) is 2.32. The third kappa shape index (κ3) is 5.07. The molecule has 4 nitrogen and oxygen atoms in total. The van der Waals surface area contributed by atoms with E-state index < -0.39 is 18.9 Å². The summed E-state index contributed by atoms with van der Waals surface area (Å²) in [6.07, 6.45) is -4.15. The highest BCUT2D eigenvalue weighted by molar-refractivity contribution is 6.30. The van der Waals surface area contributed by atoms with E-state index in [-0.39, 0.29) is 29.4 Å². The third-order valence-corrected chi connectivity index (χ3v) is 2.28. The minimum atomic E-state index is -4.37. The van der Waals surface area contributed by atoms with E-state index >= 15 is 0 Å². The number of nitrogens with two attached hydrogens (primary N) is 1. The van der Waals surface area contributed by atoms with Crippen LogP contribution in [0, 0.1) is 0 Å². The van der Waals surface area contributed by atoms with Crippen molar-refractivity contribution in [3.63, 3.8) is 0 Å². The van der Waals surface area contributed by atoms with Crippen molar-refractivity contribution >= 4 is 17.4 Å². The Morgan fingerprint density at radius 2 is 2.17 bits per heavy atom. The number of ether oxygens (including phenoxy) is 1. The average molecular weight is 285 g/mol. The summed E-state index contributed by atoms with van der Waals surface area (Å²) in [5.74, 6) is 0.0859. The van der Waals surface area contributed by atoms with Gasteiger partial charge in [0, 0.05) is 24.8 Å². The fraction of sp³-hybridized carbons (Fsp3) is 0.500. The number of rotatable bonds is 5. The van der Waals surface area contributed by atoms with Crippen molar-refractivity contribution in [2.45, 2.75) is 18.7 Å². The van der Waals surface area contributed by atoms with E-state index in [0.29, 0.717) is 0 Å². The van der Waals surface area contributed by atoms with E-state index in [2.05, 4.69) is 9.72 Å². The SMILES string of the molecule is Nc1ncc(Cl)cc1C(O)CCOCC(F)(F)F. The molecule has 3 N–H and O–H groups in total. The van der Waals surface area contributed by atoms with Gasteiger partial charge in [0.15, 0.2) is 0 Å². The number of nitrogens with zero attached hydrogens (tertiary/aromatic N) is 1. The van der Waals surface area contributed by atoms with Crippen molar-refractivity contribution in [2.24, 2.45) is 0 Å². The largest absolute Gasteiger partial charge is 0.411 e. The van der Waals surface area contributed by atoms with Crippen LogP contribution >= 0.6 is 11.6 Å². The normalized spacial score (nSPS) is 13.6. The maximum absolute atomic E-state index is 11.8. The number of anilines is 1. The standard InChI is InChI=1S/C10H12ClF3N2O2/c11-6-3-7(9(15)16-4-6)8(17)1-2-18-5-10(12,13)14/h3-4,8,17H,1-2,5H2,(H2,15,16). The van der Waals surface area contributed by atoms with E-state index in [1.165, 1.54) is 12.3 Å². The number of nitrogen functional groups attached to an aromatic ring is 1. The Balaban J connectivity index is 2.45. The molecule has 0 radical (unpaired) electrons. The van der Waals surface area contributed by atoms with E-state index in [0.717, 1.165) is 0 Å². The molecule has 1 atom stereocenters. The summed E-state index contributed by atoms with van der Waals surface area (Å²) in [5.41, 5.74) is 5.79. The smallest absolute Gasteiger partial charge is 0.388 e. The lowest BCUT2D eigenvalue weighted by Gasteiger charge is -2.13. The minimum absolute atomic E-state index is 0.0255. The molecule has 8 heteroatoms. The fourth-order valence-corrected chi connectivity index (χ4v) is 1.44. The van der Waals surface area contributed by atoms with E-state index in [9.17, 15) is 18.3 Å². The van der Waals surface area contributed by atoms with E-state index in [4.69, 9.17) is 17.3 Å². The second-order valence-electron chi connectivity index (χ2n) is 3.60. The molecule has 1 rings (SSSR count). The molecule has 102 valence electrons. The van der Waals surface area contributed by atoms with E-state index in [1.54, 1.807) is 0 Å². The zero-order valence-electron chi connectivity index (χ0n) is 9.25. The van der Waals surface area contributed by atoms with Gasteiger partial charge in [0.25, 0.3) is 0 Å². The number of hydrogen-bond donors (Lipinski definition) is 2. The van der Waals surface area contributed by atoms with Crippen molar-refractivity contribution in [1.29, 1.82) is 0 Å². The van der Waals surface area contributed by atoms with Crippen LogP contribution in [0.2, 0.25) is 5.02 Å². The molecule has 0 bridgehead atoms. The van der Waals surface area contributed by atoms with Gasteiger partial charge in [0.1, 0.15) is 12.4 Å².